The predicted octanol–water partition coefficient (Wildman–Crippen LogP) is 5.53. The third kappa shape index (κ3) is 1.99. The standard InChI is InChI=1S/C18H21BrF2N2O/c1-10-15-12(17(2,3)18(10,20)21)8-13-11(16(15)19)9-22-23(13)14-6-4-5-7-24-14/h8-10,14H,4-7H2,1-3H3. The van der Waals surface area contributed by atoms with Crippen molar-refractivity contribution in [2.24, 2.45) is 0 Å². The van der Waals surface area contributed by atoms with Crippen molar-refractivity contribution < 1.29 is 13.5 Å². The van der Waals surface area contributed by atoms with Crippen LogP contribution in [-0.2, 0) is 10.2 Å². The van der Waals surface area contributed by atoms with Crippen LogP contribution < -0.4 is 0 Å². The topological polar surface area (TPSA) is 27.1 Å². The Kier molecular flexibility index (Phi) is 3.59. The molecule has 0 spiro atoms. The minimum Gasteiger partial charge on any atom is -0.356 e. The number of halogens is 3. The van der Waals surface area contributed by atoms with Gasteiger partial charge in [-0.25, -0.2) is 13.5 Å². The van der Waals surface area contributed by atoms with E-state index in [9.17, 15) is 8.78 Å². The summed E-state index contributed by atoms with van der Waals surface area (Å²) >= 11 is 3.59. The highest BCUT2D eigenvalue weighted by molar-refractivity contribution is 9.10. The molecule has 0 amide bonds. The summed E-state index contributed by atoms with van der Waals surface area (Å²) in [6.45, 7) is 5.59. The molecule has 24 heavy (non-hydrogen) atoms. The van der Waals surface area contributed by atoms with E-state index in [0.29, 0.717) is 11.1 Å². The van der Waals surface area contributed by atoms with E-state index in [1.54, 1.807) is 27.0 Å². The lowest BCUT2D eigenvalue weighted by atomic mass is 9.82. The van der Waals surface area contributed by atoms with Gasteiger partial charge in [-0.2, -0.15) is 5.10 Å². The molecule has 2 atom stereocenters. The Hall–Kier alpha value is -1.01. The molecular formula is C18H21BrF2N2O. The highest BCUT2D eigenvalue weighted by atomic mass is 79.9. The Labute approximate surface area is 148 Å². The molecule has 1 aliphatic heterocycles. The van der Waals surface area contributed by atoms with Crippen molar-refractivity contribution in [2.45, 2.75) is 63.5 Å². The fraction of sp³-hybridized carbons (Fsp3) is 0.611. The van der Waals surface area contributed by atoms with Gasteiger partial charge in [0.25, 0.3) is 5.92 Å². The summed E-state index contributed by atoms with van der Waals surface area (Å²) in [5.74, 6) is -3.61. The molecule has 1 fully saturated rings. The maximum Gasteiger partial charge on any atom is 0.263 e. The van der Waals surface area contributed by atoms with Crippen molar-refractivity contribution in [3.8, 4) is 0 Å². The molecule has 0 bridgehead atoms. The smallest absolute Gasteiger partial charge is 0.263 e. The van der Waals surface area contributed by atoms with Gasteiger partial charge >= 0.3 is 0 Å². The number of hydrogen-bond acceptors (Lipinski definition) is 2. The molecule has 1 aromatic carbocycles. The molecule has 130 valence electrons. The van der Waals surface area contributed by atoms with Crippen molar-refractivity contribution in [3.63, 3.8) is 0 Å². The zero-order valence-corrected chi connectivity index (χ0v) is 15.7. The molecule has 1 aliphatic carbocycles. The van der Waals surface area contributed by atoms with Crippen LogP contribution in [0.4, 0.5) is 8.78 Å². The lowest BCUT2D eigenvalue weighted by Crippen LogP contribution is -2.37. The second-order valence-corrected chi connectivity index (χ2v) is 8.26. The van der Waals surface area contributed by atoms with Crippen molar-refractivity contribution in [2.75, 3.05) is 6.61 Å². The molecular weight excluding hydrogens is 378 g/mol. The highest BCUT2D eigenvalue weighted by Gasteiger charge is 2.59. The maximum absolute atomic E-state index is 14.8. The second kappa shape index (κ2) is 5.24. The second-order valence-electron chi connectivity index (χ2n) is 7.46. The summed E-state index contributed by atoms with van der Waals surface area (Å²) < 4.78 is 38.1. The number of fused-ring (bicyclic) bond motifs is 2. The first-order valence-electron chi connectivity index (χ1n) is 8.46. The molecule has 6 heteroatoms. The van der Waals surface area contributed by atoms with Crippen LogP contribution in [0, 0.1) is 0 Å². The molecule has 3 nitrogen and oxygen atoms in total. The summed E-state index contributed by atoms with van der Waals surface area (Å²) in [7, 11) is 0. The van der Waals surface area contributed by atoms with Gasteiger partial charge in [0.05, 0.1) is 17.1 Å². The number of benzene rings is 1. The quantitative estimate of drug-likeness (QED) is 0.631. The van der Waals surface area contributed by atoms with Crippen molar-refractivity contribution in [1.82, 2.24) is 9.78 Å². The van der Waals surface area contributed by atoms with Gasteiger partial charge < -0.3 is 4.74 Å². The Morgan fingerprint density at radius 2 is 2.08 bits per heavy atom. The molecule has 0 radical (unpaired) electrons. The third-order valence-corrected chi connectivity index (χ3v) is 6.64. The van der Waals surface area contributed by atoms with Crippen LogP contribution in [0.5, 0.6) is 0 Å². The van der Waals surface area contributed by atoms with E-state index < -0.39 is 17.3 Å². The van der Waals surface area contributed by atoms with Crippen molar-refractivity contribution in [3.05, 3.63) is 27.9 Å². The number of rotatable bonds is 1. The fourth-order valence-electron chi connectivity index (χ4n) is 4.15. The number of ether oxygens (including phenoxy) is 1. The summed E-state index contributed by atoms with van der Waals surface area (Å²) in [4.78, 5) is 0. The molecule has 2 aliphatic rings. The van der Waals surface area contributed by atoms with E-state index in [4.69, 9.17) is 4.74 Å². The van der Waals surface area contributed by atoms with E-state index in [1.807, 2.05) is 10.7 Å². The molecule has 0 saturated carbocycles. The average Bonchev–Trinajstić information content (AvgIpc) is 3.03. The Bertz CT molecular complexity index is 809. The molecule has 4 rings (SSSR count). The Balaban J connectivity index is 1.94. The first-order valence-corrected chi connectivity index (χ1v) is 9.25. The largest absolute Gasteiger partial charge is 0.356 e. The molecule has 1 aromatic heterocycles. The zero-order chi connectivity index (χ0) is 17.3. The van der Waals surface area contributed by atoms with E-state index in [2.05, 4.69) is 21.0 Å². The van der Waals surface area contributed by atoms with Gasteiger partial charge in [0.1, 0.15) is 0 Å². The number of hydrogen-bond donors (Lipinski definition) is 0. The molecule has 1 saturated heterocycles. The Morgan fingerprint density at radius 3 is 2.75 bits per heavy atom. The van der Waals surface area contributed by atoms with Crippen LogP contribution in [0.15, 0.2) is 16.7 Å². The predicted molar refractivity (Wildman–Crippen MR) is 92.7 cm³/mol. The maximum atomic E-state index is 14.8. The van der Waals surface area contributed by atoms with Crippen LogP contribution in [0.2, 0.25) is 0 Å². The van der Waals surface area contributed by atoms with E-state index in [1.165, 1.54) is 0 Å². The fourth-order valence-corrected chi connectivity index (χ4v) is 5.01. The molecule has 2 unspecified atom stereocenters. The average molecular weight is 399 g/mol. The van der Waals surface area contributed by atoms with Gasteiger partial charge in [-0.1, -0.05) is 6.92 Å². The van der Waals surface area contributed by atoms with Crippen LogP contribution in [0.25, 0.3) is 10.9 Å². The minimum atomic E-state index is -2.78. The third-order valence-electron chi connectivity index (χ3n) is 5.79. The van der Waals surface area contributed by atoms with Gasteiger partial charge in [-0.15, -0.1) is 0 Å². The van der Waals surface area contributed by atoms with E-state index in [-0.39, 0.29) is 6.23 Å². The van der Waals surface area contributed by atoms with E-state index in [0.717, 1.165) is 41.2 Å². The molecule has 0 N–H and O–H groups in total. The van der Waals surface area contributed by atoms with Gasteiger partial charge in [-0.05, 0) is 66.2 Å². The van der Waals surface area contributed by atoms with Gasteiger partial charge in [-0.3, -0.25) is 0 Å². The molecule has 2 heterocycles. The number of aromatic nitrogens is 2. The van der Waals surface area contributed by atoms with Gasteiger partial charge in [0.2, 0.25) is 0 Å². The number of nitrogens with zero attached hydrogens (tertiary/aromatic N) is 2. The summed E-state index contributed by atoms with van der Waals surface area (Å²) in [5.41, 5.74) is 1.07. The van der Waals surface area contributed by atoms with Gasteiger partial charge in [0.15, 0.2) is 6.23 Å². The summed E-state index contributed by atoms with van der Waals surface area (Å²) in [6.07, 6.45) is 4.71. The van der Waals surface area contributed by atoms with Gasteiger partial charge in [0, 0.05) is 22.4 Å². The van der Waals surface area contributed by atoms with E-state index >= 15 is 0 Å². The minimum absolute atomic E-state index is 0.108. The zero-order valence-electron chi connectivity index (χ0n) is 14.1. The lowest BCUT2D eigenvalue weighted by molar-refractivity contribution is -0.0704. The van der Waals surface area contributed by atoms with Crippen LogP contribution in [-0.4, -0.2) is 22.3 Å². The molecule has 2 aromatic rings. The first kappa shape index (κ1) is 16.5. The monoisotopic (exact) mass is 398 g/mol. The summed E-state index contributed by atoms with van der Waals surface area (Å²) in [5, 5.41) is 5.38. The number of alkyl halides is 2. The SMILES string of the molecule is CC1c2c(cc3c(cnn3C3CCCCO3)c2Br)C(C)(C)C1(F)F. The van der Waals surface area contributed by atoms with Crippen LogP contribution >= 0.6 is 15.9 Å². The highest BCUT2D eigenvalue weighted by Crippen LogP contribution is 2.59. The van der Waals surface area contributed by atoms with Crippen molar-refractivity contribution >= 4 is 26.8 Å². The van der Waals surface area contributed by atoms with Crippen LogP contribution in [0.1, 0.15) is 63.3 Å². The lowest BCUT2D eigenvalue weighted by Gasteiger charge is -2.30. The Morgan fingerprint density at radius 1 is 1.33 bits per heavy atom. The normalized spacial score (nSPS) is 28.2. The summed E-state index contributed by atoms with van der Waals surface area (Å²) in [6, 6.07) is 1.90. The first-order chi connectivity index (χ1) is 11.3. The van der Waals surface area contributed by atoms with Crippen molar-refractivity contribution in [1.29, 1.82) is 0 Å². The van der Waals surface area contributed by atoms with Crippen LogP contribution in [0.3, 0.4) is 0 Å².